The van der Waals surface area contributed by atoms with E-state index in [0.717, 1.165) is 35.2 Å². The van der Waals surface area contributed by atoms with Crippen molar-refractivity contribution in [3.05, 3.63) is 89.0 Å². The van der Waals surface area contributed by atoms with Gasteiger partial charge in [0.2, 0.25) is 5.91 Å². The van der Waals surface area contributed by atoms with Crippen molar-refractivity contribution in [3.8, 4) is 11.1 Å². The third-order valence-electron chi connectivity index (χ3n) is 5.58. The van der Waals surface area contributed by atoms with Crippen LogP contribution < -0.4 is 10.6 Å². The first-order valence-electron chi connectivity index (χ1n) is 10.1. The zero-order chi connectivity index (χ0) is 20.7. The first kappa shape index (κ1) is 18.3. The van der Waals surface area contributed by atoms with Crippen LogP contribution in [0.25, 0.3) is 11.1 Å². The SMILES string of the molecule is O=C(NCc1cccc(NC(=O)C2CC2)c1)c1ccc2c(c1)C(=O)c1ccccc1-2. The van der Waals surface area contributed by atoms with Gasteiger partial charge in [-0.1, -0.05) is 42.5 Å². The van der Waals surface area contributed by atoms with Gasteiger partial charge in [0, 0.05) is 34.8 Å². The topological polar surface area (TPSA) is 75.3 Å². The quantitative estimate of drug-likeness (QED) is 0.531. The predicted octanol–water partition coefficient (Wildman–Crippen LogP) is 4.18. The molecule has 0 radical (unpaired) electrons. The lowest BCUT2D eigenvalue weighted by Crippen LogP contribution is -2.23. The largest absolute Gasteiger partial charge is 0.348 e. The van der Waals surface area contributed by atoms with Crippen LogP contribution in [0.1, 0.15) is 44.7 Å². The Hall–Kier alpha value is -3.73. The number of carbonyl (C=O) groups excluding carboxylic acids is 3. The van der Waals surface area contributed by atoms with Crippen molar-refractivity contribution in [1.29, 1.82) is 0 Å². The molecule has 148 valence electrons. The number of benzene rings is 3. The van der Waals surface area contributed by atoms with Crippen LogP contribution in [0.4, 0.5) is 5.69 Å². The molecule has 0 unspecified atom stereocenters. The van der Waals surface area contributed by atoms with Crippen LogP contribution in [0, 0.1) is 5.92 Å². The van der Waals surface area contributed by atoms with Crippen molar-refractivity contribution in [3.63, 3.8) is 0 Å². The molecule has 3 aromatic carbocycles. The molecule has 2 amide bonds. The first-order chi connectivity index (χ1) is 14.6. The van der Waals surface area contributed by atoms with Crippen LogP contribution in [0.2, 0.25) is 0 Å². The number of hydrogen-bond donors (Lipinski definition) is 2. The summed E-state index contributed by atoms with van der Waals surface area (Å²) in [6.45, 7) is 0.331. The Morgan fingerprint density at radius 2 is 1.60 bits per heavy atom. The maximum atomic E-state index is 12.7. The maximum absolute atomic E-state index is 12.7. The molecular weight excluding hydrogens is 376 g/mol. The highest BCUT2D eigenvalue weighted by molar-refractivity contribution is 6.22. The van der Waals surface area contributed by atoms with Crippen molar-refractivity contribution in [1.82, 2.24) is 5.32 Å². The lowest BCUT2D eigenvalue weighted by molar-refractivity contribution is -0.117. The fourth-order valence-electron chi connectivity index (χ4n) is 3.80. The fraction of sp³-hybridized carbons (Fsp3) is 0.160. The van der Waals surface area contributed by atoms with Gasteiger partial charge in [0.15, 0.2) is 5.78 Å². The van der Waals surface area contributed by atoms with Gasteiger partial charge >= 0.3 is 0 Å². The van der Waals surface area contributed by atoms with Gasteiger partial charge < -0.3 is 10.6 Å². The second kappa shape index (κ2) is 7.26. The monoisotopic (exact) mass is 396 g/mol. The molecule has 2 aliphatic rings. The average molecular weight is 396 g/mol. The molecule has 0 aliphatic heterocycles. The Kier molecular flexibility index (Phi) is 4.43. The van der Waals surface area contributed by atoms with Gasteiger partial charge in [-0.3, -0.25) is 14.4 Å². The summed E-state index contributed by atoms with van der Waals surface area (Å²) in [4.78, 5) is 37.2. The smallest absolute Gasteiger partial charge is 0.251 e. The number of carbonyl (C=O) groups is 3. The van der Waals surface area contributed by atoms with Crippen LogP contribution >= 0.6 is 0 Å². The van der Waals surface area contributed by atoms with Gasteiger partial charge in [-0.25, -0.2) is 0 Å². The first-order valence-corrected chi connectivity index (χ1v) is 10.1. The molecule has 0 atom stereocenters. The van der Waals surface area contributed by atoms with E-state index < -0.39 is 0 Å². The highest BCUT2D eigenvalue weighted by Gasteiger charge is 2.29. The van der Waals surface area contributed by atoms with Crippen LogP contribution in [-0.2, 0) is 11.3 Å². The molecule has 0 saturated heterocycles. The minimum Gasteiger partial charge on any atom is -0.348 e. The summed E-state index contributed by atoms with van der Waals surface area (Å²) in [5.74, 6) is -0.0923. The summed E-state index contributed by atoms with van der Waals surface area (Å²) in [5.41, 5.74) is 5.10. The molecule has 5 heteroatoms. The molecule has 0 bridgehead atoms. The second-order valence-corrected chi connectivity index (χ2v) is 7.78. The Labute approximate surface area is 174 Å². The lowest BCUT2D eigenvalue weighted by Gasteiger charge is -2.09. The Balaban J connectivity index is 1.28. The number of anilines is 1. The van der Waals surface area contributed by atoms with Gasteiger partial charge in [-0.2, -0.15) is 0 Å². The van der Waals surface area contributed by atoms with Gasteiger partial charge in [-0.15, -0.1) is 0 Å². The van der Waals surface area contributed by atoms with E-state index in [9.17, 15) is 14.4 Å². The number of amides is 2. The van der Waals surface area contributed by atoms with Crippen LogP contribution in [0.5, 0.6) is 0 Å². The van der Waals surface area contributed by atoms with Crippen LogP contribution in [-0.4, -0.2) is 17.6 Å². The molecule has 3 aromatic rings. The molecule has 0 aromatic heterocycles. The second-order valence-electron chi connectivity index (χ2n) is 7.78. The summed E-state index contributed by atoms with van der Waals surface area (Å²) in [7, 11) is 0. The molecule has 5 nitrogen and oxygen atoms in total. The van der Waals surface area contributed by atoms with E-state index in [1.807, 2.05) is 54.6 Å². The van der Waals surface area contributed by atoms with Gasteiger partial charge in [-0.05, 0) is 53.8 Å². The van der Waals surface area contributed by atoms with E-state index in [4.69, 9.17) is 0 Å². The highest BCUT2D eigenvalue weighted by Crippen LogP contribution is 2.36. The third kappa shape index (κ3) is 3.39. The Morgan fingerprint density at radius 3 is 2.40 bits per heavy atom. The van der Waals surface area contributed by atoms with Gasteiger partial charge in [0.25, 0.3) is 5.91 Å². The summed E-state index contributed by atoms with van der Waals surface area (Å²) < 4.78 is 0. The Morgan fingerprint density at radius 1 is 0.833 bits per heavy atom. The summed E-state index contributed by atoms with van der Waals surface area (Å²) in [6, 6.07) is 20.2. The molecular formula is C25H20N2O3. The number of fused-ring (bicyclic) bond motifs is 3. The molecule has 1 fully saturated rings. The minimum atomic E-state index is -0.242. The van der Waals surface area contributed by atoms with Gasteiger partial charge in [0.1, 0.15) is 0 Å². The molecule has 2 aliphatic carbocycles. The number of ketones is 1. The average Bonchev–Trinajstić information content (AvgIpc) is 3.59. The normalized spacial score (nSPS) is 14.1. The minimum absolute atomic E-state index is 0.0469. The van der Waals surface area contributed by atoms with E-state index in [1.54, 1.807) is 12.1 Å². The van der Waals surface area contributed by atoms with E-state index >= 15 is 0 Å². The van der Waals surface area contributed by atoms with E-state index in [0.29, 0.717) is 23.2 Å². The van der Waals surface area contributed by atoms with Crippen molar-refractivity contribution in [2.75, 3.05) is 5.32 Å². The van der Waals surface area contributed by atoms with E-state index in [2.05, 4.69) is 10.6 Å². The fourth-order valence-corrected chi connectivity index (χ4v) is 3.80. The molecule has 2 N–H and O–H groups in total. The molecule has 0 spiro atoms. The molecule has 30 heavy (non-hydrogen) atoms. The molecule has 1 saturated carbocycles. The van der Waals surface area contributed by atoms with Crippen LogP contribution in [0.15, 0.2) is 66.7 Å². The summed E-state index contributed by atoms with van der Waals surface area (Å²) in [6.07, 6.45) is 1.91. The number of nitrogens with one attached hydrogen (secondary N) is 2. The predicted molar refractivity (Wildman–Crippen MR) is 114 cm³/mol. The van der Waals surface area contributed by atoms with Gasteiger partial charge in [0.05, 0.1) is 0 Å². The van der Waals surface area contributed by atoms with Crippen molar-refractivity contribution < 1.29 is 14.4 Å². The lowest BCUT2D eigenvalue weighted by atomic mass is 10.0. The van der Waals surface area contributed by atoms with Crippen molar-refractivity contribution >= 4 is 23.3 Å². The van der Waals surface area contributed by atoms with Crippen LogP contribution in [0.3, 0.4) is 0 Å². The maximum Gasteiger partial charge on any atom is 0.251 e. The summed E-state index contributed by atoms with van der Waals surface area (Å²) >= 11 is 0. The van der Waals surface area contributed by atoms with Crippen molar-refractivity contribution in [2.24, 2.45) is 5.92 Å². The van der Waals surface area contributed by atoms with Crippen molar-refractivity contribution in [2.45, 2.75) is 19.4 Å². The third-order valence-corrected chi connectivity index (χ3v) is 5.58. The number of rotatable bonds is 5. The standard InChI is InChI=1S/C25H20N2O3/c28-23-21-7-2-1-6-19(21)20-11-10-17(13-22(20)23)24(29)26-14-15-4-3-5-18(12-15)27-25(30)16-8-9-16/h1-7,10-13,16H,8-9,14H2,(H,26,29)(H,27,30). The van der Waals surface area contributed by atoms with E-state index in [1.165, 1.54) is 0 Å². The zero-order valence-electron chi connectivity index (χ0n) is 16.3. The van der Waals surface area contributed by atoms with E-state index in [-0.39, 0.29) is 23.5 Å². The Bertz CT molecular complexity index is 1190. The molecule has 0 heterocycles. The molecule has 5 rings (SSSR count). The summed E-state index contributed by atoms with van der Waals surface area (Å²) in [5, 5.41) is 5.81. The highest BCUT2D eigenvalue weighted by atomic mass is 16.2. The zero-order valence-corrected chi connectivity index (χ0v) is 16.3. The number of hydrogen-bond acceptors (Lipinski definition) is 3.